The number of phenols is 1. The van der Waals surface area contributed by atoms with Gasteiger partial charge in [0.15, 0.2) is 11.5 Å². The molecule has 1 aromatic carbocycles. The van der Waals surface area contributed by atoms with E-state index in [4.69, 9.17) is 10.5 Å². The van der Waals surface area contributed by atoms with Crippen LogP contribution in [0.4, 0.5) is 0 Å². The summed E-state index contributed by atoms with van der Waals surface area (Å²) in [6, 6.07) is 5.73. The predicted octanol–water partition coefficient (Wildman–Crippen LogP) is 1.89. The van der Waals surface area contributed by atoms with E-state index >= 15 is 0 Å². The second-order valence-electron chi connectivity index (χ2n) is 4.78. The minimum atomic E-state index is 0.177. The number of rotatable bonds is 4. The number of ether oxygens (including phenoxy) is 1. The summed E-state index contributed by atoms with van der Waals surface area (Å²) >= 11 is 0. The molecule has 18 heavy (non-hydrogen) atoms. The lowest BCUT2D eigenvalue weighted by molar-refractivity contribution is 0.167. The fraction of sp³-hybridized carbons (Fsp3) is 0.571. The van der Waals surface area contributed by atoms with Crippen LogP contribution < -0.4 is 10.5 Å². The summed E-state index contributed by atoms with van der Waals surface area (Å²) in [7, 11) is 1.57. The van der Waals surface area contributed by atoms with E-state index in [1.54, 1.807) is 13.2 Å². The van der Waals surface area contributed by atoms with Gasteiger partial charge >= 0.3 is 0 Å². The molecule has 0 amide bonds. The topological polar surface area (TPSA) is 58.7 Å². The third-order valence-electron chi connectivity index (χ3n) is 3.64. The maximum absolute atomic E-state index is 9.63. The van der Waals surface area contributed by atoms with Gasteiger partial charge in [-0.25, -0.2) is 0 Å². The van der Waals surface area contributed by atoms with Gasteiger partial charge < -0.3 is 15.6 Å². The first-order valence-corrected chi connectivity index (χ1v) is 6.57. The van der Waals surface area contributed by atoms with Gasteiger partial charge in [-0.3, -0.25) is 4.90 Å². The smallest absolute Gasteiger partial charge is 0.160 e. The van der Waals surface area contributed by atoms with Crippen molar-refractivity contribution in [2.45, 2.75) is 25.3 Å². The molecule has 0 bridgehead atoms. The number of nitrogens with two attached hydrogens (primary N) is 1. The molecule has 1 atom stereocenters. The average molecular weight is 250 g/mol. The van der Waals surface area contributed by atoms with Crippen molar-refractivity contribution in [3.05, 3.63) is 23.8 Å². The van der Waals surface area contributed by atoms with Crippen molar-refractivity contribution in [3.63, 3.8) is 0 Å². The van der Waals surface area contributed by atoms with Gasteiger partial charge in [-0.05, 0) is 43.6 Å². The molecule has 1 aliphatic heterocycles. The van der Waals surface area contributed by atoms with Gasteiger partial charge in [0.1, 0.15) is 0 Å². The van der Waals surface area contributed by atoms with Crippen molar-refractivity contribution in [3.8, 4) is 11.5 Å². The Morgan fingerprint density at radius 3 is 2.67 bits per heavy atom. The van der Waals surface area contributed by atoms with Gasteiger partial charge in [-0.15, -0.1) is 0 Å². The number of methoxy groups -OCH3 is 1. The van der Waals surface area contributed by atoms with Crippen molar-refractivity contribution >= 4 is 0 Å². The van der Waals surface area contributed by atoms with Gasteiger partial charge in [0.2, 0.25) is 0 Å². The van der Waals surface area contributed by atoms with E-state index in [1.807, 2.05) is 12.1 Å². The van der Waals surface area contributed by atoms with Crippen molar-refractivity contribution in [2.75, 3.05) is 26.7 Å². The molecule has 1 aliphatic rings. The van der Waals surface area contributed by atoms with Crippen LogP contribution in [0.5, 0.6) is 11.5 Å². The Hall–Kier alpha value is -1.26. The molecule has 1 unspecified atom stereocenters. The molecule has 0 aromatic heterocycles. The number of hydrogen-bond acceptors (Lipinski definition) is 4. The van der Waals surface area contributed by atoms with E-state index in [0.717, 1.165) is 18.7 Å². The van der Waals surface area contributed by atoms with Crippen LogP contribution in [0.3, 0.4) is 0 Å². The minimum Gasteiger partial charge on any atom is -0.504 e. The van der Waals surface area contributed by atoms with Crippen LogP contribution in [0.15, 0.2) is 18.2 Å². The molecule has 0 radical (unpaired) electrons. The molecule has 4 nitrogen and oxygen atoms in total. The predicted molar refractivity (Wildman–Crippen MR) is 71.9 cm³/mol. The first-order chi connectivity index (χ1) is 8.76. The summed E-state index contributed by atoms with van der Waals surface area (Å²) in [5.41, 5.74) is 7.04. The molecule has 0 spiro atoms. The second-order valence-corrected chi connectivity index (χ2v) is 4.78. The Morgan fingerprint density at radius 1 is 1.33 bits per heavy atom. The highest BCUT2D eigenvalue weighted by atomic mass is 16.5. The van der Waals surface area contributed by atoms with Crippen molar-refractivity contribution in [2.24, 2.45) is 5.73 Å². The van der Waals surface area contributed by atoms with E-state index < -0.39 is 0 Å². The summed E-state index contributed by atoms with van der Waals surface area (Å²) < 4.78 is 5.16. The number of likely N-dealkylation sites (tertiary alicyclic amines) is 1. The van der Waals surface area contributed by atoms with Crippen LogP contribution in [-0.2, 0) is 0 Å². The van der Waals surface area contributed by atoms with E-state index in [9.17, 15) is 5.11 Å². The third kappa shape index (κ3) is 2.76. The normalized spacial score (nSPS) is 18.6. The SMILES string of the molecule is COc1cc(C(CN)N2CCCCC2)ccc1O. The maximum Gasteiger partial charge on any atom is 0.160 e. The zero-order valence-electron chi connectivity index (χ0n) is 10.9. The largest absolute Gasteiger partial charge is 0.504 e. The number of nitrogens with zero attached hydrogens (tertiary/aromatic N) is 1. The molecule has 1 aromatic rings. The summed E-state index contributed by atoms with van der Waals surface area (Å²) in [6.45, 7) is 2.80. The lowest BCUT2D eigenvalue weighted by Crippen LogP contribution is -2.37. The molecule has 1 saturated heterocycles. The van der Waals surface area contributed by atoms with Crippen LogP contribution in [0.1, 0.15) is 30.9 Å². The molecule has 1 fully saturated rings. The van der Waals surface area contributed by atoms with E-state index in [1.165, 1.54) is 19.3 Å². The molecule has 3 N–H and O–H groups in total. The summed E-state index contributed by atoms with van der Waals surface area (Å²) in [5, 5.41) is 9.63. The fourth-order valence-corrected chi connectivity index (χ4v) is 2.63. The van der Waals surface area contributed by atoms with Crippen molar-refractivity contribution in [1.82, 2.24) is 4.90 Å². The highest BCUT2D eigenvalue weighted by Crippen LogP contribution is 2.31. The van der Waals surface area contributed by atoms with Gasteiger partial charge in [0.05, 0.1) is 7.11 Å². The van der Waals surface area contributed by atoms with E-state index in [2.05, 4.69) is 4.90 Å². The van der Waals surface area contributed by atoms with Gasteiger partial charge in [0, 0.05) is 12.6 Å². The maximum atomic E-state index is 9.63. The monoisotopic (exact) mass is 250 g/mol. The highest BCUT2D eigenvalue weighted by molar-refractivity contribution is 5.42. The number of piperidine rings is 1. The molecular weight excluding hydrogens is 228 g/mol. The number of hydrogen-bond donors (Lipinski definition) is 2. The van der Waals surface area contributed by atoms with E-state index in [0.29, 0.717) is 12.3 Å². The Kier molecular flexibility index (Phi) is 4.44. The quantitative estimate of drug-likeness (QED) is 0.856. The average Bonchev–Trinajstić information content (AvgIpc) is 2.42. The molecule has 0 saturated carbocycles. The Labute approximate surface area is 108 Å². The van der Waals surface area contributed by atoms with Gasteiger partial charge in [-0.2, -0.15) is 0 Å². The molecule has 2 rings (SSSR count). The summed E-state index contributed by atoms with van der Waals surface area (Å²) in [5.74, 6) is 0.693. The van der Waals surface area contributed by atoms with Gasteiger partial charge in [-0.1, -0.05) is 12.5 Å². The van der Waals surface area contributed by atoms with Crippen LogP contribution >= 0.6 is 0 Å². The summed E-state index contributed by atoms with van der Waals surface area (Å²) in [6.07, 6.45) is 3.80. The highest BCUT2D eigenvalue weighted by Gasteiger charge is 2.21. The number of benzene rings is 1. The Balaban J connectivity index is 2.20. The number of phenolic OH excluding ortho intramolecular Hbond substituents is 1. The van der Waals surface area contributed by atoms with Crippen LogP contribution in [-0.4, -0.2) is 36.8 Å². The Bertz CT molecular complexity index is 389. The van der Waals surface area contributed by atoms with Gasteiger partial charge in [0.25, 0.3) is 0 Å². The zero-order valence-corrected chi connectivity index (χ0v) is 10.9. The molecule has 0 aliphatic carbocycles. The van der Waals surface area contributed by atoms with E-state index in [-0.39, 0.29) is 11.8 Å². The van der Waals surface area contributed by atoms with Crippen LogP contribution in [0.2, 0.25) is 0 Å². The first-order valence-electron chi connectivity index (χ1n) is 6.57. The zero-order chi connectivity index (χ0) is 13.0. The lowest BCUT2D eigenvalue weighted by Gasteiger charge is -2.34. The first kappa shape index (κ1) is 13.2. The number of aromatic hydroxyl groups is 1. The lowest BCUT2D eigenvalue weighted by atomic mass is 10.0. The summed E-state index contributed by atoms with van der Waals surface area (Å²) in [4.78, 5) is 2.43. The second kappa shape index (κ2) is 6.07. The Morgan fingerprint density at radius 2 is 2.06 bits per heavy atom. The molecule has 4 heteroatoms. The van der Waals surface area contributed by atoms with Crippen LogP contribution in [0.25, 0.3) is 0 Å². The third-order valence-corrected chi connectivity index (χ3v) is 3.64. The van der Waals surface area contributed by atoms with Crippen LogP contribution in [0, 0.1) is 0 Å². The fourth-order valence-electron chi connectivity index (χ4n) is 2.63. The van der Waals surface area contributed by atoms with Crippen molar-refractivity contribution in [1.29, 1.82) is 0 Å². The molecule has 100 valence electrons. The molecular formula is C14H22N2O2. The standard InChI is InChI=1S/C14H22N2O2/c1-18-14-9-11(5-6-13(14)17)12(10-15)16-7-3-2-4-8-16/h5-6,9,12,17H,2-4,7-8,10,15H2,1H3. The van der Waals surface area contributed by atoms with Crippen molar-refractivity contribution < 1.29 is 9.84 Å². The molecule has 1 heterocycles. The minimum absolute atomic E-state index is 0.177.